The predicted octanol–water partition coefficient (Wildman–Crippen LogP) is 3.45. The van der Waals surface area contributed by atoms with Gasteiger partial charge in [0.05, 0.1) is 16.1 Å². The van der Waals surface area contributed by atoms with Crippen LogP contribution in [0.25, 0.3) is 0 Å². The normalized spacial score (nSPS) is 16.5. The summed E-state index contributed by atoms with van der Waals surface area (Å²) in [5.74, 6) is -0.893. The molecule has 0 aliphatic carbocycles. The van der Waals surface area contributed by atoms with Gasteiger partial charge in [-0.05, 0) is 43.2 Å². The topological polar surface area (TPSA) is 86.7 Å². The molecule has 0 saturated carbocycles. The molecule has 0 bridgehead atoms. The zero-order chi connectivity index (χ0) is 21.2. The number of sulfonamides is 1. The fraction of sp³-hybridized carbons (Fsp3) is 0.316. The van der Waals surface area contributed by atoms with Crippen LogP contribution in [0.4, 0.5) is 18.9 Å². The van der Waals surface area contributed by atoms with E-state index in [0.29, 0.717) is 6.07 Å². The molecule has 2 N–H and O–H groups in total. The lowest BCUT2D eigenvalue weighted by Crippen LogP contribution is -2.41. The average molecular weight is 428 g/mol. The Morgan fingerprint density at radius 2 is 1.72 bits per heavy atom. The molecule has 0 aromatic heterocycles. The number of anilines is 1. The maximum atomic E-state index is 12.9. The Morgan fingerprint density at radius 3 is 2.34 bits per heavy atom. The molecule has 1 aliphatic rings. The molecule has 0 atom stereocenters. The van der Waals surface area contributed by atoms with E-state index in [1.165, 1.54) is 6.07 Å². The summed E-state index contributed by atoms with van der Waals surface area (Å²) in [6.45, 7) is 0.0227. The Hall–Kier alpha value is -2.59. The standard InChI is InChI=1S/C19H19F3N2O4S/c20-19(21,22)14-4-3-5-15(12-14)29(27,28)24-10-8-13(9-11-24)18(26)23-16-6-1-2-7-17(16)25/h1-7,12-13,25H,8-11H2,(H,23,26). The number of phenols is 1. The summed E-state index contributed by atoms with van der Waals surface area (Å²) in [6, 6.07) is 9.85. The number of hydrogen-bond acceptors (Lipinski definition) is 4. The number of amides is 1. The summed E-state index contributed by atoms with van der Waals surface area (Å²) in [4.78, 5) is 12.0. The molecular formula is C19H19F3N2O4S. The number of phenolic OH excluding ortho intramolecular Hbond substituents is 1. The van der Waals surface area contributed by atoms with Gasteiger partial charge in [-0.25, -0.2) is 8.42 Å². The Morgan fingerprint density at radius 1 is 1.07 bits per heavy atom. The zero-order valence-electron chi connectivity index (χ0n) is 15.2. The number of carbonyl (C=O) groups excluding carboxylic acids is 1. The van der Waals surface area contributed by atoms with Crippen molar-refractivity contribution in [1.29, 1.82) is 0 Å². The van der Waals surface area contributed by atoms with E-state index in [1.807, 2.05) is 0 Å². The number of nitrogens with one attached hydrogen (secondary N) is 1. The fourth-order valence-electron chi connectivity index (χ4n) is 3.15. The summed E-state index contributed by atoms with van der Waals surface area (Å²) in [7, 11) is -4.10. The van der Waals surface area contributed by atoms with Gasteiger partial charge in [-0.1, -0.05) is 18.2 Å². The minimum Gasteiger partial charge on any atom is -0.506 e. The van der Waals surface area contributed by atoms with Crippen molar-refractivity contribution in [2.24, 2.45) is 5.92 Å². The van der Waals surface area contributed by atoms with E-state index in [1.54, 1.807) is 18.2 Å². The van der Waals surface area contributed by atoms with Crippen molar-refractivity contribution in [3.8, 4) is 5.75 Å². The number of aromatic hydroxyl groups is 1. The minimum absolute atomic E-state index is 0.0113. The van der Waals surface area contributed by atoms with Gasteiger partial charge in [0.25, 0.3) is 0 Å². The Balaban J connectivity index is 1.67. The summed E-state index contributed by atoms with van der Waals surface area (Å²) in [5, 5.41) is 12.3. The first-order chi connectivity index (χ1) is 13.6. The molecule has 1 heterocycles. The van der Waals surface area contributed by atoms with Crippen LogP contribution in [-0.4, -0.2) is 36.8 Å². The molecular weight excluding hydrogens is 409 g/mol. The van der Waals surface area contributed by atoms with E-state index in [0.717, 1.165) is 22.5 Å². The van der Waals surface area contributed by atoms with E-state index in [-0.39, 0.29) is 43.3 Å². The molecule has 0 radical (unpaired) electrons. The van der Waals surface area contributed by atoms with Crippen molar-refractivity contribution in [3.05, 3.63) is 54.1 Å². The molecule has 6 nitrogen and oxygen atoms in total. The van der Waals surface area contributed by atoms with Crippen LogP contribution in [0.3, 0.4) is 0 Å². The van der Waals surface area contributed by atoms with Crippen molar-refractivity contribution in [2.75, 3.05) is 18.4 Å². The van der Waals surface area contributed by atoms with Crippen LogP contribution in [0.1, 0.15) is 18.4 Å². The first-order valence-electron chi connectivity index (χ1n) is 8.85. The molecule has 2 aromatic carbocycles. The van der Waals surface area contributed by atoms with Gasteiger partial charge in [0.1, 0.15) is 5.75 Å². The van der Waals surface area contributed by atoms with E-state index >= 15 is 0 Å². The third kappa shape index (κ3) is 4.70. The molecule has 0 unspecified atom stereocenters. The van der Waals surface area contributed by atoms with Crippen molar-refractivity contribution < 1.29 is 31.5 Å². The number of benzene rings is 2. The molecule has 156 valence electrons. The summed E-state index contributed by atoms with van der Waals surface area (Å²) in [6.07, 6.45) is -4.20. The number of rotatable bonds is 4. The Kier molecular flexibility index (Phi) is 5.85. The lowest BCUT2D eigenvalue weighted by Gasteiger charge is -2.30. The SMILES string of the molecule is O=C(Nc1ccccc1O)C1CCN(S(=O)(=O)c2cccc(C(F)(F)F)c2)CC1. The second-order valence-electron chi connectivity index (χ2n) is 6.71. The van der Waals surface area contributed by atoms with Gasteiger partial charge in [-0.2, -0.15) is 17.5 Å². The number of hydrogen-bond donors (Lipinski definition) is 2. The molecule has 3 rings (SSSR count). The van der Waals surface area contributed by atoms with E-state index < -0.39 is 32.6 Å². The van der Waals surface area contributed by atoms with Crippen LogP contribution < -0.4 is 5.32 Å². The van der Waals surface area contributed by atoms with Crippen molar-refractivity contribution in [2.45, 2.75) is 23.9 Å². The van der Waals surface area contributed by atoms with Gasteiger partial charge in [0.2, 0.25) is 15.9 Å². The molecule has 29 heavy (non-hydrogen) atoms. The summed E-state index contributed by atoms with van der Waals surface area (Å²) >= 11 is 0. The van der Waals surface area contributed by atoms with Gasteiger partial charge >= 0.3 is 6.18 Å². The van der Waals surface area contributed by atoms with Gasteiger partial charge in [-0.15, -0.1) is 0 Å². The van der Waals surface area contributed by atoms with Crippen molar-refractivity contribution in [3.63, 3.8) is 0 Å². The first kappa shape index (κ1) is 21.1. The zero-order valence-corrected chi connectivity index (χ0v) is 16.0. The third-order valence-corrected chi connectivity index (χ3v) is 6.68. The summed E-state index contributed by atoms with van der Waals surface area (Å²) in [5.41, 5.74) is -0.771. The van der Waals surface area contributed by atoms with E-state index in [9.17, 15) is 31.5 Å². The quantitative estimate of drug-likeness (QED) is 0.731. The lowest BCUT2D eigenvalue weighted by molar-refractivity contribution is -0.137. The maximum Gasteiger partial charge on any atom is 0.416 e. The highest BCUT2D eigenvalue weighted by Crippen LogP contribution is 2.32. The maximum absolute atomic E-state index is 12.9. The van der Waals surface area contributed by atoms with E-state index in [4.69, 9.17) is 0 Å². The number of nitrogens with zero attached hydrogens (tertiary/aromatic N) is 1. The van der Waals surface area contributed by atoms with Crippen LogP contribution in [0.15, 0.2) is 53.4 Å². The number of halogens is 3. The van der Waals surface area contributed by atoms with Crippen LogP contribution in [0.2, 0.25) is 0 Å². The van der Waals surface area contributed by atoms with Gasteiger partial charge < -0.3 is 10.4 Å². The second kappa shape index (κ2) is 8.03. The monoisotopic (exact) mass is 428 g/mol. The van der Waals surface area contributed by atoms with Gasteiger partial charge in [0.15, 0.2) is 0 Å². The first-order valence-corrected chi connectivity index (χ1v) is 10.3. The smallest absolute Gasteiger partial charge is 0.416 e. The number of carbonyl (C=O) groups is 1. The van der Waals surface area contributed by atoms with Crippen LogP contribution in [-0.2, 0) is 21.0 Å². The van der Waals surface area contributed by atoms with Crippen LogP contribution >= 0.6 is 0 Å². The predicted molar refractivity (Wildman–Crippen MR) is 99.7 cm³/mol. The van der Waals surface area contributed by atoms with Crippen LogP contribution in [0.5, 0.6) is 5.75 Å². The molecule has 1 amide bonds. The second-order valence-corrected chi connectivity index (χ2v) is 8.65. The highest BCUT2D eigenvalue weighted by Gasteiger charge is 2.35. The van der Waals surface area contributed by atoms with E-state index in [2.05, 4.69) is 5.32 Å². The number of alkyl halides is 3. The molecule has 1 aliphatic heterocycles. The molecule has 10 heteroatoms. The van der Waals surface area contributed by atoms with Crippen molar-refractivity contribution >= 4 is 21.6 Å². The Bertz CT molecular complexity index is 1000. The minimum atomic E-state index is -4.64. The average Bonchev–Trinajstić information content (AvgIpc) is 2.69. The van der Waals surface area contributed by atoms with Crippen molar-refractivity contribution in [1.82, 2.24) is 4.31 Å². The largest absolute Gasteiger partial charge is 0.506 e. The molecule has 1 fully saturated rings. The highest BCUT2D eigenvalue weighted by atomic mass is 32.2. The number of piperidine rings is 1. The highest BCUT2D eigenvalue weighted by molar-refractivity contribution is 7.89. The van der Waals surface area contributed by atoms with Crippen LogP contribution in [0, 0.1) is 5.92 Å². The van der Waals surface area contributed by atoms with Gasteiger partial charge in [-0.3, -0.25) is 4.79 Å². The molecule has 1 saturated heterocycles. The number of para-hydroxylation sites is 2. The molecule has 2 aromatic rings. The Labute approximate surface area is 166 Å². The molecule has 0 spiro atoms. The van der Waals surface area contributed by atoms with Gasteiger partial charge in [0, 0.05) is 19.0 Å². The third-order valence-electron chi connectivity index (χ3n) is 4.79. The summed E-state index contributed by atoms with van der Waals surface area (Å²) < 4.78 is 65.1. The fourth-order valence-corrected chi connectivity index (χ4v) is 4.67. The lowest BCUT2D eigenvalue weighted by atomic mass is 9.97.